The molecule has 30 nitrogen and oxygen atoms in total. The Kier molecular flexibility index (Phi) is 30.8. The smallest absolute Gasteiger partial charge is 0.329 e. The summed E-state index contributed by atoms with van der Waals surface area (Å²) in [5.41, 5.74) is 9.61. The molecule has 0 saturated carbocycles. The molecule has 0 bridgehead atoms. The van der Waals surface area contributed by atoms with Crippen LogP contribution in [0.15, 0.2) is 106 Å². The van der Waals surface area contributed by atoms with Gasteiger partial charge in [0, 0.05) is 59.3 Å². The van der Waals surface area contributed by atoms with E-state index in [0.717, 1.165) is 28.5 Å². The first kappa shape index (κ1) is 91.6. The molecule has 4 aromatic rings. The van der Waals surface area contributed by atoms with E-state index in [1.165, 1.54) is 109 Å². The predicted octanol–water partition coefficient (Wildman–Crippen LogP) is 6.94. The maximum absolute atomic E-state index is 15.2. The lowest BCUT2D eigenvalue weighted by Gasteiger charge is -2.36. The molecule has 10 atom stereocenters. The van der Waals surface area contributed by atoms with Crippen molar-refractivity contribution in [2.24, 2.45) is 23.7 Å². The van der Waals surface area contributed by atoms with Crippen LogP contribution in [-0.2, 0) is 57.4 Å². The third-order valence-electron chi connectivity index (χ3n) is 22.3. The van der Waals surface area contributed by atoms with Crippen molar-refractivity contribution in [2.45, 2.75) is 176 Å². The van der Waals surface area contributed by atoms with Crippen molar-refractivity contribution >= 4 is 111 Å². The Labute approximate surface area is 699 Å². The van der Waals surface area contributed by atoms with Gasteiger partial charge >= 0.3 is 11.9 Å². The summed E-state index contributed by atoms with van der Waals surface area (Å²) in [6, 6.07) is 21.5. The zero-order valence-electron chi connectivity index (χ0n) is 71.3. The number of hydrogen-bond donors (Lipinski definition) is 5. The number of carbonyl (C=O) groups is 12. The van der Waals surface area contributed by atoms with Crippen LogP contribution in [0.5, 0.6) is 5.75 Å². The Hall–Kier alpha value is -11.3. The number of carbonyl (C=O) groups excluding carboxylic acids is 12. The Morgan fingerprint density at radius 1 is 0.605 bits per heavy atom. The fourth-order valence-corrected chi connectivity index (χ4v) is 15.8. The van der Waals surface area contributed by atoms with Crippen LogP contribution in [0, 0.1) is 37.5 Å². The first-order valence-electron chi connectivity index (χ1n) is 40.5. The van der Waals surface area contributed by atoms with Gasteiger partial charge < -0.3 is 79.9 Å². The Morgan fingerprint density at radius 3 is 1.50 bits per heavy atom. The number of benzene rings is 5. The number of nitrogens with zero attached hydrogens (tertiary/aromatic N) is 8. The number of likely N-dealkylation sites (N-methyl/N-ethyl adjacent to an activating group) is 5. The second-order valence-corrected chi connectivity index (χ2v) is 33.1. The van der Waals surface area contributed by atoms with Gasteiger partial charge in [0.15, 0.2) is 11.3 Å². The van der Waals surface area contributed by atoms with E-state index in [2.05, 4.69) is 99.0 Å². The second-order valence-electron chi connectivity index (χ2n) is 32.7. The lowest BCUT2D eigenvalue weighted by atomic mass is 9.88. The minimum atomic E-state index is -1.88. The number of allylic oxidation sites excluding steroid dienone is 1. The van der Waals surface area contributed by atoms with Crippen LogP contribution in [-0.4, -0.2) is 258 Å². The molecule has 0 aromatic heterocycles. The SMILES string of the molecule is CN(C)CCOc1ccc(/C(=C(/CCCl)c2ccccc2)c2ccccc2)cc1.Cc1c2oc3c(C)ccc(C(=O)N[C@@H]4C(=O)N[C@H](C(C)C)C(=O)N5CCC[C@H]5C(=O)N(C)CC(=O)N(C)[C@@H](C(C)C)C(=O)O[C@@H]4C)c3nc-2c(C(=O)N[C@@H]2C(=O)N[C@H](C(C)C)C(=O)N3CCC[C@H]3C(=O)N(C)CC(=O)N(C)[C@@H](C(C)C)C(=O)O[C@@H]2C)c(N)c1=O. The number of halogens is 1. The monoisotopic (exact) mass is 1660 g/mol. The number of anilines is 1. The maximum Gasteiger partial charge on any atom is 0.329 e. The molecule has 0 radical (unpaired) electrons. The number of nitrogens with two attached hydrogens (primary N) is 1. The van der Waals surface area contributed by atoms with Gasteiger partial charge in [0.1, 0.15) is 84.1 Å². The van der Waals surface area contributed by atoms with E-state index in [1.807, 2.05) is 26.2 Å². The zero-order valence-corrected chi connectivity index (χ0v) is 72.0. The number of nitrogens with one attached hydrogen (secondary N) is 4. The molecule has 0 spiro atoms. The summed E-state index contributed by atoms with van der Waals surface area (Å²) in [5.74, 6) is -10.9. The molecular weight excluding hydrogens is 1550 g/mol. The van der Waals surface area contributed by atoms with E-state index in [1.54, 1.807) is 62.3 Å². The number of alkyl halides is 1. The average Bonchev–Trinajstić information content (AvgIpc) is 1.21. The zero-order chi connectivity index (χ0) is 87.5. The molecular formula is C88H114ClN13O17. The topological polar surface area (TPSA) is 372 Å². The number of rotatable bonds is 17. The van der Waals surface area contributed by atoms with E-state index >= 15 is 9.59 Å². The first-order chi connectivity index (χ1) is 56.3. The Balaban J connectivity index is 0.000000464. The standard InChI is InChI=1S/C62H86N12O16.C26H28ClNO/c1-27(2)42-59(84)73-23-17-19-36(73)57(82)69(13)25-38(75)71(15)48(29(5)6)61(86)88-33(11)44(55(80)65-42)67-53(78)35-22-21-31(9)51-46(35)64-47-40(41(63)50(77)32(10)52(47)90-51)54(79)68-45-34(12)89-62(87)49(30(7)8)72(16)39(76)26-70(14)58(83)37-20-18-24-74(37)60(85)43(28(3)4)66-56(45)81;1-28(2)19-20-29-24-15-13-23(14-16-24)26(22-11-7-4-8-12-22)25(17-18-27)21-9-5-3-6-10-21/h21-22,27-30,33-34,36-37,42-45,48-49H,17-20,23-26,63H2,1-16H3,(H,65,80)(H,66,81)(H,67,78)(H,68,79);3-16H,17-20H2,1-2H3/b;26-25-/t33-,34-,36+,37+,42-,43-,44+,45+,48+,49+;/m1./s1. The Morgan fingerprint density at radius 2 is 1.06 bits per heavy atom. The van der Waals surface area contributed by atoms with Crippen molar-refractivity contribution in [3.8, 4) is 17.2 Å². The van der Waals surface area contributed by atoms with E-state index in [-0.39, 0.29) is 53.9 Å². The summed E-state index contributed by atoms with van der Waals surface area (Å²) in [4.78, 5) is 201. The second kappa shape index (κ2) is 40.0. The summed E-state index contributed by atoms with van der Waals surface area (Å²) in [6.07, 6.45) is -0.848. The number of ether oxygens (including phenoxy) is 3. The van der Waals surface area contributed by atoms with Crippen molar-refractivity contribution < 1.29 is 76.2 Å². The normalized spacial score (nSPS) is 22.8. The molecule has 6 aliphatic rings. The molecule has 1 aliphatic carbocycles. The minimum Gasteiger partial charge on any atom is -0.492 e. The third-order valence-corrected chi connectivity index (χ3v) is 22.5. The van der Waals surface area contributed by atoms with Crippen LogP contribution in [0.4, 0.5) is 5.69 Å². The number of aromatic nitrogens is 1. The number of cyclic esters (lactones) is 2. The van der Waals surface area contributed by atoms with E-state index in [4.69, 9.17) is 40.9 Å². The number of hydrogen-bond acceptors (Lipinski definition) is 20. The van der Waals surface area contributed by atoms with Crippen molar-refractivity contribution in [1.29, 1.82) is 0 Å². The highest BCUT2D eigenvalue weighted by Gasteiger charge is 2.47. The summed E-state index contributed by atoms with van der Waals surface area (Å²) in [6.45, 7) is 19.9. The van der Waals surface area contributed by atoms with Crippen LogP contribution in [0.1, 0.15) is 150 Å². The molecule has 10 amide bonds. The summed E-state index contributed by atoms with van der Waals surface area (Å²) >= 11 is 6.21. The van der Waals surface area contributed by atoms with Crippen LogP contribution in [0.2, 0.25) is 0 Å². The van der Waals surface area contributed by atoms with Gasteiger partial charge in [0.25, 0.3) is 11.8 Å². The lowest BCUT2D eigenvalue weighted by Crippen LogP contribution is -2.61. The van der Waals surface area contributed by atoms with Gasteiger partial charge in [0.05, 0.1) is 29.9 Å². The average molecular weight is 1660 g/mol. The quantitative estimate of drug-likeness (QED) is 0.0203. The molecule has 4 aromatic carbocycles. The van der Waals surface area contributed by atoms with Crippen molar-refractivity contribution in [3.63, 3.8) is 0 Å². The van der Waals surface area contributed by atoms with Gasteiger partial charge in [-0.2, -0.15) is 0 Å². The first-order valence-corrected chi connectivity index (χ1v) is 41.0. The van der Waals surface area contributed by atoms with E-state index < -0.39 is 191 Å². The lowest BCUT2D eigenvalue weighted by molar-refractivity contribution is -0.163. The summed E-state index contributed by atoms with van der Waals surface area (Å²) in [5, 5.41) is 10.7. The molecule has 5 aliphatic heterocycles. The molecule has 6 N–H and O–H groups in total. The van der Waals surface area contributed by atoms with Gasteiger partial charge in [-0.3, -0.25) is 52.7 Å². The molecule has 10 rings (SSSR count). The van der Waals surface area contributed by atoms with E-state index in [0.29, 0.717) is 30.9 Å². The number of aryl methyl sites for hydroxylation is 1. The molecule has 640 valence electrons. The van der Waals surface area contributed by atoms with Gasteiger partial charge in [-0.15, -0.1) is 11.6 Å². The van der Waals surface area contributed by atoms with Crippen LogP contribution < -0.4 is 37.2 Å². The highest BCUT2D eigenvalue weighted by molar-refractivity contribution is 6.19. The summed E-state index contributed by atoms with van der Waals surface area (Å²) in [7, 11) is 9.68. The fraction of sp³-hybridized carbons (Fsp3) is 0.500. The van der Waals surface area contributed by atoms with Crippen molar-refractivity contribution in [3.05, 3.63) is 146 Å². The third kappa shape index (κ3) is 20.9. The van der Waals surface area contributed by atoms with Crippen molar-refractivity contribution in [2.75, 3.05) is 93.2 Å². The summed E-state index contributed by atoms with van der Waals surface area (Å²) < 4.78 is 24.2. The van der Waals surface area contributed by atoms with Crippen LogP contribution >= 0.6 is 11.6 Å². The van der Waals surface area contributed by atoms with Crippen LogP contribution in [0.3, 0.4) is 0 Å². The number of esters is 2. The molecule has 119 heavy (non-hydrogen) atoms. The van der Waals surface area contributed by atoms with Crippen LogP contribution in [0.25, 0.3) is 33.7 Å². The number of amides is 10. The highest BCUT2D eigenvalue weighted by atomic mass is 35.5. The highest BCUT2D eigenvalue weighted by Crippen LogP contribution is 2.38. The van der Waals surface area contributed by atoms with Crippen molar-refractivity contribution in [1.82, 2.24) is 60.6 Å². The largest absolute Gasteiger partial charge is 0.492 e. The van der Waals surface area contributed by atoms with Gasteiger partial charge in [-0.1, -0.05) is 134 Å². The molecule has 4 fully saturated rings. The van der Waals surface area contributed by atoms with E-state index in [9.17, 15) is 52.7 Å². The molecule has 5 heterocycles. The predicted molar refractivity (Wildman–Crippen MR) is 450 cm³/mol. The number of nitrogen functional groups attached to an aromatic ring is 1. The molecule has 4 saturated heterocycles. The van der Waals surface area contributed by atoms with Gasteiger partial charge in [0.2, 0.25) is 52.7 Å². The maximum atomic E-state index is 15.2. The Bertz CT molecular complexity index is 4820. The molecule has 31 heteroatoms. The van der Waals surface area contributed by atoms with Gasteiger partial charge in [-0.05, 0) is 149 Å². The molecule has 0 unspecified atom stereocenters. The fourth-order valence-electron chi connectivity index (χ4n) is 15.6. The number of fused-ring (bicyclic) bond motifs is 4. The van der Waals surface area contributed by atoms with Gasteiger partial charge in [-0.25, -0.2) is 14.6 Å². The minimum absolute atomic E-state index is 0.0763.